The maximum Gasteiger partial charge on any atom is 0.224 e. The normalized spacial score (nSPS) is 11.5. The number of amides is 1. The number of pyridine rings is 2. The van der Waals surface area contributed by atoms with E-state index in [1.807, 2.05) is 32.0 Å². The Labute approximate surface area is 221 Å². The van der Waals surface area contributed by atoms with E-state index in [1.165, 1.54) is 30.7 Å². The van der Waals surface area contributed by atoms with Crippen molar-refractivity contribution in [1.29, 1.82) is 0 Å². The molecule has 0 saturated carbocycles. The lowest BCUT2D eigenvalue weighted by Gasteiger charge is -2.09. The summed E-state index contributed by atoms with van der Waals surface area (Å²) in [4.78, 5) is 28.6. The molecule has 4 heterocycles. The number of hydrogen-bond donors (Lipinski definition) is 3. The zero-order valence-electron chi connectivity index (χ0n) is 21.1. The number of nitrogens with zero attached hydrogens (tertiary/aromatic N) is 4. The molecular weight excluding hydrogens is 500 g/mol. The molecule has 10 heteroatoms. The highest BCUT2D eigenvalue weighted by Gasteiger charge is 2.21. The van der Waals surface area contributed by atoms with Gasteiger partial charge in [0.2, 0.25) is 5.91 Å². The summed E-state index contributed by atoms with van der Waals surface area (Å²) in [5.41, 5.74) is 4.32. The largest absolute Gasteiger partial charge is 0.337 e. The number of fused-ring (bicyclic) bond motifs is 2. The number of imidazole rings is 1. The van der Waals surface area contributed by atoms with Crippen LogP contribution in [-0.2, 0) is 4.79 Å². The van der Waals surface area contributed by atoms with Crippen molar-refractivity contribution in [3.05, 3.63) is 78.8 Å². The molecule has 0 atom stereocenters. The molecule has 0 aliphatic heterocycles. The number of anilines is 1. The zero-order valence-corrected chi connectivity index (χ0v) is 21.1. The van der Waals surface area contributed by atoms with Gasteiger partial charge < -0.3 is 10.3 Å². The Balaban J connectivity index is 1.42. The molecule has 0 radical (unpaired) electrons. The van der Waals surface area contributed by atoms with E-state index in [9.17, 15) is 9.18 Å². The van der Waals surface area contributed by atoms with Gasteiger partial charge in [0.1, 0.15) is 17.2 Å². The quantitative estimate of drug-likeness (QED) is 0.231. The second-order valence-corrected chi connectivity index (χ2v) is 9.69. The molecule has 0 saturated heterocycles. The molecule has 0 unspecified atom stereocenters. The van der Waals surface area contributed by atoms with Gasteiger partial charge >= 0.3 is 0 Å². The van der Waals surface area contributed by atoms with E-state index in [1.54, 1.807) is 18.2 Å². The number of aromatic nitrogens is 6. The maximum atomic E-state index is 16.0. The van der Waals surface area contributed by atoms with Crippen LogP contribution in [0.1, 0.15) is 20.3 Å². The Morgan fingerprint density at radius 2 is 1.82 bits per heavy atom. The van der Waals surface area contributed by atoms with Crippen LogP contribution in [0.15, 0.2) is 67.1 Å². The standard InChI is InChI=1S/C29H23F2N7O/c1-15(2)9-23(39)34-19-11-17(12-32-13-19)26-25(31)24-22(14-33-26)37-38-28(24)29-35-21-8-4-7-20(27(21)36-29)16-5-3-6-18(30)10-16/h3-8,10-15H,9H2,1-2H3,(H,34,39)(H,35,36)(H,37,38). The lowest BCUT2D eigenvalue weighted by Crippen LogP contribution is -2.14. The number of carbonyl (C=O) groups is 1. The molecule has 39 heavy (non-hydrogen) atoms. The van der Waals surface area contributed by atoms with Gasteiger partial charge in [-0.1, -0.05) is 38.1 Å². The van der Waals surface area contributed by atoms with Crippen LogP contribution in [0, 0.1) is 17.6 Å². The number of nitrogens with one attached hydrogen (secondary N) is 3. The van der Waals surface area contributed by atoms with Gasteiger partial charge in [-0.2, -0.15) is 5.10 Å². The van der Waals surface area contributed by atoms with Crippen molar-refractivity contribution in [2.75, 3.05) is 5.32 Å². The van der Waals surface area contributed by atoms with Crippen molar-refractivity contribution < 1.29 is 13.6 Å². The van der Waals surface area contributed by atoms with Crippen LogP contribution in [-0.4, -0.2) is 36.0 Å². The van der Waals surface area contributed by atoms with Crippen LogP contribution in [0.5, 0.6) is 0 Å². The molecule has 194 valence electrons. The van der Waals surface area contributed by atoms with Crippen LogP contribution in [0.2, 0.25) is 0 Å². The summed E-state index contributed by atoms with van der Waals surface area (Å²) in [5, 5.41) is 10.2. The van der Waals surface area contributed by atoms with Crippen molar-refractivity contribution in [3.8, 4) is 33.9 Å². The highest BCUT2D eigenvalue weighted by atomic mass is 19.1. The predicted octanol–water partition coefficient (Wildman–Crippen LogP) is 6.49. The fraction of sp³-hybridized carbons (Fsp3) is 0.138. The average Bonchev–Trinajstić information content (AvgIpc) is 3.53. The van der Waals surface area contributed by atoms with E-state index in [4.69, 9.17) is 4.98 Å². The van der Waals surface area contributed by atoms with E-state index >= 15 is 4.39 Å². The third-order valence-electron chi connectivity index (χ3n) is 6.31. The SMILES string of the molecule is CC(C)CC(=O)Nc1cncc(-c2ncc3[nH]nc(-c4nc5c(-c6cccc(F)c6)cccc5[nH]4)c3c2F)c1. The second-order valence-electron chi connectivity index (χ2n) is 9.69. The molecule has 0 aliphatic carbocycles. The van der Waals surface area contributed by atoms with Crippen LogP contribution in [0.25, 0.3) is 55.8 Å². The lowest BCUT2D eigenvalue weighted by atomic mass is 10.0. The monoisotopic (exact) mass is 523 g/mol. The molecule has 2 aromatic carbocycles. The van der Waals surface area contributed by atoms with Gasteiger partial charge in [-0.05, 0) is 35.7 Å². The number of carbonyl (C=O) groups excluding carboxylic acids is 1. The van der Waals surface area contributed by atoms with Crippen LogP contribution in [0.3, 0.4) is 0 Å². The summed E-state index contributed by atoms with van der Waals surface area (Å²) in [6.07, 6.45) is 4.85. The van der Waals surface area contributed by atoms with Gasteiger partial charge in [-0.3, -0.25) is 19.9 Å². The molecule has 6 aromatic rings. The molecule has 6 rings (SSSR count). The number of para-hydroxylation sites is 1. The van der Waals surface area contributed by atoms with E-state index < -0.39 is 5.82 Å². The Morgan fingerprint density at radius 3 is 2.64 bits per heavy atom. The molecule has 0 spiro atoms. The lowest BCUT2D eigenvalue weighted by molar-refractivity contribution is -0.116. The number of hydrogen-bond acceptors (Lipinski definition) is 5. The highest BCUT2D eigenvalue weighted by molar-refractivity contribution is 5.98. The van der Waals surface area contributed by atoms with Gasteiger partial charge in [0, 0.05) is 23.7 Å². The Bertz CT molecular complexity index is 1860. The molecular formula is C29H23F2N7O. The van der Waals surface area contributed by atoms with Gasteiger partial charge in [-0.25, -0.2) is 13.8 Å². The molecule has 4 aromatic heterocycles. The molecule has 0 aliphatic rings. The Kier molecular flexibility index (Phi) is 6.07. The number of halogens is 2. The molecule has 8 nitrogen and oxygen atoms in total. The number of H-pyrrole nitrogens is 2. The summed E-state index contributed by atoms with van der Waals surface area (Å²) in [6.45, 7) is 3.91. The first-order chi connectivity index (χ1) is 18.9. The van der Waals surface area contributed by atoms with Gasteiger partial charge in [-0.15, -0.1) is 0 Å². The van der Waals surface area contributed by atoms with Crippen LogP contribution >= 0.6 is 0 Å². The van der Waals surface area contributed by atoms with Gasteiger partial charge in [0.15, 0.2) is 11.6 Å². The predicted molar refractivity (Wildman–Crippen MR) is 146 cm³/mol. The first-order valence-electron chi connectivity index (χ1n) is 12.4. The Morgan fingerprint density at radius 1 is 0.974 bits per heavy atom. The van der Waals surface area contributed by atoms with E-state index in [-0.39, 0.29) is 34.4 Å². The number of rotatable bonds is 6. The molecule has 0 fully saturated rings. The molecule has 3 N–H and O–H groups in total. The second kappa shape index (κ2) is 9.71. The van der Waals surface area contributed by atoms with Crippen molar-refractivity contribution >= 4 is 33.5 Å². The molecule has 0 bridgehead atoms. The topological polar surface area (TPSA) is 112 Å². The van der Waals surface area contributed by atoms with Crippen molar-refractivity contribution in [1.82, 2.24) is 30.1 Å². The van der Waals surface area contributed by atoms with Crippen LogP contribution in [0.4, 0.5) is 14.5 Å². The van der Waals surface area contributed by atoms with E-state index in [0.29, 0.717) is 45.6 Å². The number of benzene rings is 2. The molecule has 1 amide bonds. The van der Waals surface area contributed by atoms with Crippen molar-refractivity contribution in [3.63, 3.8) is 0 Å². The first-order valence-corrected chi connectivity index (χ1v) is 12.4. The van der Waals surface area contributed by atoms with E-state index in [0.717, 1.165) is 5.56 Å². The fourth-order valence-electron chi connectivity index (χ4n) is 4.60. The van der Waals surface area contributed by atoms with Crippen molar-refractivity contribution in [2.24, 2.45) is 5.92 Å². The zero-order chi connectivity index (χ0) is 27.1. The summed E-state index contributed by atoms with van der Waals surface area (Å²) in [5.74, 6) is -0.546. The summed E-state index contributed by atoms with van der Waals surface area (Å²) in [6, 6.07) is 13.4. The summed E-state index contributed by atoms with van der Waals surface area (Å²) >= 11 is 0. The van der Waals surface area contributed by atoms with Gasteiger partial charge in [0.05, 0.1) is 40.0 Å². The van der Waals surface area contributed by atoms with Gasteiger partial charge in [0.25, 0.3) is 0 Å². The number of aromatic amines is 2. The summed E-state index contributed by atoms with van der Waals surface area (Å²) < 4.78 is 29.9. The minimum absolute atomic E-state index is 0.0640. The van der Waals surface area contributed by atoms with Crippen molar-refractivity contribution in [2.45, 2.75) is 20.3 Å². The Hall–Kier alpha value is -4.99. The first kappa shape index (κ1) is 24.4. The average molecular weight is 524 g/mol. The minimum Gasteiger partial charge on any atom is -0.337 e. The minimum atomic E-state index is -0.602. The fourth-order valence-corrected chi connectivity index (χ4v) is 4.60. The maximum absolute atomic E-state index is 16.0. The third kappa shape index (κ3) is 4.61. The third-order valence-corrected chi connectivity index (χ3v) is 6.31. The highest BCUT2D eigenvalue weighted by Crippen LogP contribution is 2.35. The van der Waals surface area contributed by atoms with E-state index in [2.05, 4.69) is 30.5 Å². The van der Waals surface area contributed by atoms with Crippen LogP contribution < -0.4 is 5.32 Å². The smallest absolute Gasteiger partial charge is 0.224 e. The summed E-state index contributed by atoms with van der Waals surface area (Å²) in [7, 11) is 0.